The molecule has 1 saturated heterocycles. The van der Waals surface area contributed by atoms with Crippen molar-refractivity contribution in [3.63, 3.8) is 0 Å². The van der Waals surface area contributed by atoms with E-state index in [9.17, 15) is 14.1 Å². The number of rotatable bonds is 8. The van der Waals surface area contributed by atoms with Gasteiger partial charge < -0.3 is 14.6 Å². The first kappa shape index (κ1) is 23.4. The van der Waals surface area contributed by atoms with E-state index >= 15 is 0 Å². The van der Waals surface area contributed by atoms with Crippen LogP contribution in [0.1, 0.15) is 36.8 Å². The Hall–Kier alpha value is -3.00. The monoisotopic (exact) mass is 503 g/mol. The molecule has 0 aromatic heterocycles. The second-order valence-electron chi connectivity index (χ2n) is 9.84. The summed E-state index contributed by atoms with van der Waals surface area (Å²) in [6.07, 6.45) is 3.93. The van der Waals surface area contributed by atoms with Crippen LogP contribution in [-0.4, -0.2) is 45.4 Å². The number of ketones is 1. The van der Waals surface area contributed by atoms with Crippen LogP contribution in [0, 0.1) is 0 Å². The largest absolute Gasteiger partial charge is 0.454 e. The summed E-state index contributed by atoms with van der Waals surface area (Å²) in [4.78, 5) is 14.2. The van der Waals surface area contributed by atoms with Crippen LogP contribution in [0.25, 0.3) is 11.1 Å². The van der Waals surface area contributed by atoms with E-state index < -0.39 is 16.4 Å². The number of aliphatic hydroxyl groups excluding tert-OH is 1. The number of carbonyl (C=O) groups is 1. The fourth-order valence-electron chi connectivity index (χ4n) is 5.37. The van der Waals surface area contributed by atoms with E-state index in [1.165, 1.54) is 0 Å². The van der Waals surface area contributed by atoms with Crippen molar-refractivity contribution >= 4 is 16.8 Å². The third-order valence-corrected chi connectivity index (χ3v) is 9.22. The molecule has 6 rings (SSSR count). The minimum absolute atomic E-state index is 0.0330. The molecular formula is C29H29NO5S. The highest BCUT2D eigenvalue weighted by atomic mass is 32.2. The van der Waals surface area contributed by atoms with Crippen LogP contribution in [0.5, 0.6) is 11.5 Å². The predicted octanol–water partition coefficient (Wildman–Crippen LogP) is 4.41. The molecule has 2 atom stereocenters. The van der Waals surface area contributed by atoms with E-state index in [-0.39, 0.29) is 25.2 Å². The summed E-state index contributed by atoms with van der Waals surface area (Å²) in [5, 5.41) is 9.56. The van der Waals surface area contributed by atoms with Crippen LogP contribution in [0.2, 0.25) is 0 Å². The lowest BCUT2D eigenvalue weighted by atomic mass is 9.87. The molecular weight excluding hydrogens is 474 g/mol. The van der Waals surface area contributed by atoms with Gasteiger partial charge in [-0.15, -0.1) is 0 Å². The first-order valence-corrected chi connectivity index (χ1v) is 13.6. The summed E-state index contributed by atoms with van der Waals surface area (Å²) in [5.74, 6) is 1.68. The Morgan fingerprint density at radius 3 is 2.58 bits per heavy atom. The van der Waals surface area contributed by atoms with Gasteiger partial charge in [-0.1, -0.05) is 42.5 Å². The average molecular weight is 504 g/mol. The molecule has 1 saturated carbocycles. The number of hydrogen-bond donors (Lipinski definition) is 1. The van der Waals surface area contributed by atoms with Crippen molar-refractivity contribution < 1.29 is 23.6 Å². The molecule has 2 fully saturated rings. The van der Waals surface area contributed by atoms with Gasteiger partial charge in [0.2, 0.25) is 6.79 Å². The van der Waals surface area contributed by atoms with Crippen molar-refractivity contribution in [1.29, 1.82) is 0 Å². The molecule has 0 spiro atoms. The maximum absolute atomic E-state index is 13.4. The molecule has 1 aliphatic carbocycles. The van der Waals surface area contributed by atoms with Gasteiger partial charge in [0.05, 0.1) is 16.9 Å². The number of nitrogens with zero attached hydrogens (tertiary/aromatic N) is 1. The Balaban J connectivity index is 1.17. The van der Waals surface area contributed by atoms with Crippen molar-refractivity contribution in [3.05, 3.63) is 77.9 Å². The molecule has 2 heterocycles. The number of carbonyl (C=O) groups excluding carboxylic acids is 1. The van der Waals surface area contributed by atoms with Crippen LogP contribution in [-0.2, 0) is 27.6 Å². The quantitative estimate of drug-likeness (QED) is 0.493. The molecule has 3 aliphatic rings. The molecule has 186 valence electrons. The van der Waals surface area contributed by atoms with Gasteiger partial charge in [-0.25, -0.2) is 8.51 Å². The molecule has 36 heavy (non-hydrogen) atoms. The Kier molecular flexibility index (Phi) is 6.15. The zero-order valence-corrected chi connectivity index (χ0v) is 20.8. The van der Waals surface area contributed by atoms with Gasteiger partial charge >= 0.3 is 0 Å². The average Bonchev–Trinajstić information content (AvgIpc) is 3.36. The van der Waals surface area contributed by atoms with E-state index in [1.807, 2.05) is 65.0 Å². The Bertz CT molecular complexity index is 1320. The highest BCUT2D eigenvalue weighted by molar-refractivity contribution is 7.82. The summed E-state index contributed by atoms with van der Waals surface area (Å²) in [6.45, 7) is 1.000. The number of fused-ring (bicyclic) bond motifs is 1. The number of ether oxygens (including phenoxy) is 2. The molecule has 1 N–H and O–H groups in total. The lowest BCUT2D eigenvalue weighted by Crippen LogP contribution is -2.33. The zero-order chi connectivity index (χ0) is 24.7. The van der Waals surface area contributed by atoms with Crippen LogP contribution in [0.4, 0.5) is 0 Å². The SMILES string of the molecule is O=C(Cc1cccc(-c2ccc(S(=O)N3CCC[C@@H]3CO)cc2)c1)C1(c2ccc3c(c2)OCO3)CC1. The molecule has 0 amide bonds. The van der Waals surface area contributed by atoms with Gasteiger partial charge in [-0.2, -0.15) is 0 Å². The Morgan fingerprint density at radius 2 is 1.81 bits per heavy atom. The minimum atomic E-state index is -1.28. The molecule has 0 radical (unpaired) electrons. The number of hydrogen-bond acceptors (Lipinski definition) is 5. The van der Waals surface area contributed by atoms with Crippen molar-refractivity contribution in [2.75, 3.05) is 19.9 Å². The van der Waals surface area contributed by atoms with Gasteiger partial charge in [0, 0.05) is 19.0 Å². The highest BCUT2D eigenvalue weighted by Gasteiger charge is 2.50. The highest BCUT2D eigenvalue weighted by Crippen LogP contribution is 2.51. The predicted molar refractivity (Wildman–Crippen MR) is 137 cm³/mol. The Morgan fingerprint density at radius 1 is 1.00 bits per heavy atom. The van der Waals surface area contributed by atoms with E-state index in [1.54, 1.807) is 0 Å². The third-order valence-electron chi connectivity index (χ3n) is 7.64. The van der Waals surface area contributed by atoms with Crippen molar-refractivity contribution in [1.82, 2.24) is 4.31 Å². The van der Waals surface area contributed by atoms with Gasteiger partial charge in [0.15, 0.2) is 11.5 Å². The van der Waals surface area contributed by atoms with Crippen LogP contribution >= 0.6 is 0 Å². The summed E-state index contributed by atoms with van der Waals surface area (Å²) < 4.78 is 25.8. The van der Waals surface area contributed by atoms with Crippen LogP contribution < -0.4 is 9.47 Å². The van der Waals surface area contributed by atoms with Crippen LogP contribution in [0.3, 0.4) is 0 Å². The molecule has 2 aliphatic heterocycles. The lowest BCUT2D eigenvalue weighted by Gasteiger charge is -2.21. The second-order valence-corrected chi connectivity index (χ2v) is 11.3. The maximum Gasteiger partial charge on any atom is 0.231 e. The zero-order valence-electron chi connectivity index (χ0n) is 20.0. The summed E-state index contributed by atoms with van der Waals surface area (Å²) in [7, 11) is -1.28. The molecule has 7 heteroatoms. The molecule has 1 unspecified atom stereocenters. The summed E-state index contributed by atoms with van der Waals surface area (Å²) >= 11 is 0. The Labute approximate surface area is 213 Å². The van der Waals surface area contributed by atoms with E-state index in [0.29, 0.717) is 6.42 Å². The summed E-state index contributed by atoms with van der Waals surface area (Å²) in [6, 6.07) is 21.7. The molecule has 3 aromatic carbocycles. The molecule has 6 nitrogen and oxygen atoms in total. The first-order chi connectivity index (χ1) is 17.6. The fourth-order valence-corrected chi connectivity index (χ4v) is 6.75. The topological polar surface area (TPSA) is 76.1 Å². The second kappa shape index (κ2) is 9.47. The number of Topliss-reactive ketones (excluding diaryl/α,β-unsaturated/α-hetero) is 1. The lowest BCUT2D eigenvalue weighted by molar-refractivity contribution is -0.120. The third kappa shape index (κ3) is 4.25. The van der Waals surface area contributed by atoms with Crippen molar-refractivity contribution in [2.24, 2.45) is 0 Å². The normalized spacial score (nSPS) is 20.9. The number of aliphatic hydroxyl groups is 1. The van der Waals surface area contributed by atoms with Crippen LogP contribution in [0.15, 0.2) is 71.6 Å². The van der Waals surface area contributed by atoms with Gasteiger partial charge in [-0.3, -0.25) is 4.79 Å². The first-order valence-electron chi connectivity index (χ1n) is 12.5. The molecule has 0 bridgehead atoms. The van der Waals surface area contributed by atoms with E-state index in [4.69, 9.17) is 9.47 Å². The van der Waals surface area contributed by atoms with Gasteiger partial charge in [0.25, 0.3) is 0 Å². The fraction of sp³-hybridized carbons (Fsp3) is 0.345. The van der Waals surface area contributed by atoms with Crippen molar-refractivity contribution in [2.45, 2.75) is 48.5 Å². The minimum Gasteiger partial charge on any atom is -0.454 e. The maximum atomic E-state index is 13.4. The van der Waals surface area contributed by atoms with Gasteiger partial charge in [-0.05, 0) is 72.2 Å². The van der Waals surface area contributed by atoms with Crippen molar-refractivity contribution in [3.8, 4) is 22.6 Å². The van der Waals surface area contributed by atoms with Gasteiger partial charge in [0.1, 0.15) is 16.8 Å². The van der Waals surface area contributed by atoms with E-state index in [0.717, 1.165) is 70.9 Å². The number of benzene rings is 3. The molecule has 3 aromatic rings. The smallest absolute Gasteiger partial charge is 0.231 e. The standard InChI is InChI=1S/C29H29NO5S/c31-18-24-5-2-14-30(24)36(33)25-9-6-21(7-10-25)22-4-1-3-20(15-22)16-28(32)29(12-13-29)23-8-11-26-27(17-23)35-19-34-26/h1,3-4,6-11,15,17,24,31H,2,5,12-14,16,18-19H2/t24-,36?/m1/s1. The van der Waals surface area contributed by atoms with E-state index in [2.05, 4.69) is 6.07 Å². The summed E-state index contributed by atoms with van der Waals surface area (Å²) in [5.41, 5.74) is 3.62.